The van der Waals surface area contributed by atoms with Crippen LogP contribution >= 0.6 is 15.9 Å². The molecule has 1 fully saturated rings. The van der Waals surface area contributed by atoms with Gasteiger partial charge in [-0.25, -0.2) is 4.39 Å². The molecule has 1 aromatic rings. The lowest BCUT2D eigenvalue weighted by molar-refractivity contribution is -0.0755. The predicted molar refractivity (Wildman–Crippen MR) is 73.8 cm³/mol. The third-order valence-corrected chi connectivity index (χ3v) is 4.78. The second-order valence-electron chi connectivity index (χ2n) is 5.68. The molecule has 4 heteroatoms. The summed E-state index contributed by atoms with van der Waals surface area (Å²) in [6.45, 7) is 6.18. The van der Waals surface area contributed by atoms with Crippen LogP contribution < -0.4 is 5.32 Å². The topological polar surface area (TPSA) is 32.3 Å². The molecule has 3 unspecified atom stereocenters. The zero-order valence-corrected chi connectivity index (χ0v) is 12.5. The van der Waals surface area contributed by atoms with E-state index in [0.29, 0.717) is 6.04 Å². The Bertz CT molecular complexity index is 449. The van der Waals surface area contributed by atoms with E-state index in [9.17, 15) is 9.50 Å². The van der Waals surface area contributed by atoms with E-state index in [1.165, 1.54) is 12.1 Å². The summed E-state index contributed by atoms with van der Waals surface area (Å²) in [7, 11) is 0. The molecule has 18 heavy (non-hydrogen) atoms. The van der Waals surface area contributed by atoms with Crippen LogP contribution in [-0.4, -0.2) is 17.3 Å². The van der Waals surface area contributed by atoms with E-state index < -0.39 is 0 Å². The lowest BCUT2D eigenvalue weighted by Gasteiger charge is -2.50. The monoisotopic (exact) mass is 315 g/mol. The minimum Gasteiger partial charge on any atom is -0.392 e. The van der Waals surface area contributed by atoms with Crippen molar-refractivity contribution in [2.45, 2.75) is 45.4 Å². The number of halogens is 2. The van der Waals surface area contributed by atoms with Gasteiger partial charge in [-0.05, 0) is 31.0 Å². The Labute approximate surface area is 116 Å². The summed E-state index contributed by atoms with van der Waals surface area (Å²) in [6, 6.07) is 5.16. The smallest absolute Gasteiger partial charge is 0.124 e. The summed E-state index contributed by atoms with van der Waals surface area (Å²) >= 11 is 3.39. The Balaban J connectivity index is 2.07. The quantitative estimate of drug-likeness (QED) is 0.896. The maximum Gasteiger partial charge on any atom is 0.124 e. The van der Waals surface area contributed by atoms with Crippen LogP contribution in [0.2, 0.25) is 0 Å². The van der Waals surface area contributed by atoms with E-state index in [1.54, 1.807) is 6.07 Å². The number of aliphatic hydroxyl groups is 1. The molecular formula is C14H19BrFNO. The second-order valence-corrected chi connectivity index (χ2v) is 6.53. The van der Waals surface area contributed by atoms with Gasteiger partial charge in [0, 0.05) is 22.0 Å². The summed E-state index contributed by atoms with van der Waals surface area (Å²) in [5, 5.41) is 13.2. The number of benzene rings is 1. The van der Waals surface area contributed by atoms with Crippen LogP contribution in [0.25, 0.3) is 0 Å². The highest BCUT2D eigenvalue weighted by molar-refractivity contribution is 9.10. The zero-order valence-electron chi connectivity index (χ0n) is 10.9. The minimum atomic E-state index is -0.239. The van der Waals surface area contributed by atoms with Crippen molar-refractivity contribution in [3.63, 3.8) is 0 Å². The highest BCUT2D eigenvalue weighted by Gasteiger charge is 2.47. The van der Waals surface area contributed by atoms with Gasteiger partial charge in [0.25, 0.3) is 0 Å². The van der Waals surface area contributed by atoms with Crippen LogP contribution in [0.3, 0.4) is 0 Å². The molecule has 3 atom stereocenters. The molecule has 0 saturated heterocycles. The van der Waals surface area contributed by atoms with Crippen LogP contribution in [0.1, 0.15) is 38.8 Å². The first-order chi connectivity index (χ1) is 8.32. The van der Waals surface area contributed by atoms with Gasteiger partial charge in [-0.2, -0.15) is 0 Å². The standard InChI is InChI=1S/C14H19BrFNO/c1-8(10-5-4-9(16)6-11(10)15)17-12-7-13(18)14(12,2)3/h4-6,8,12-13,17-18H,7H2,1-3H3. The Morgan fingerprint density at radius 3 is 2.67 bits per heavy atom. The lowest BCUT2D eigenvalue weighted by Crippen LogP contribution is -2.60. The largest absolute Gasteiger partial charge is 0.392 e. The maximum absolute atomic E-state index is 13.0. The van der Waals surface area contributed by atoms with Crippen LogP contribution in [-0.2, 0) is 0 Å². The van der Waals surface area contributed by atoms with Crippen molar-refractivity contribution in [3.05, 3.63) is 34.1 Å². The molecule has 0 heterocycles. The molecule has 100 valence electrons. The SMILES string of the molecule is CC(NC1CC(O)C1(C)C)c1ccc(F)cc1Br. The molecule has 1 aromatic carbocycles. The van der Waals surface area contributed by atoms with Gasteiger partial charge in [0.15, 0.2) is 0 Å². The van der Waals surface area contributed by atoms with Crippen molar-refractivity contribution in [1.82, 2.24) is 5.32 Å². The molecule has 0 aliphatic heterocycles. The van der Waals surface area contributed by atoms with Crippen LogP contribution in [0, 0.1) is 11.2 Å². The summed E-state index contributed by atoms with van der Waals surface area (Å²) in [4.78, 5) is 0. The fourth-order valence-electron chi connectivity index (χ4n) is 2.43. The highest BCUT2D eigenvalue weighted by atomic mass is 79.9. The molecule has 2 nitrogen and oxygen atoms in total. The molecule has 2 N–H and O–H groups in total. The first-order valence-corrected chi connectivity index (χ1v) is 7.00. The number of nitrogens with one attached hydrogen (secondary N) is 1. The highest BCUT2D eigenvalue weighted by Crippen LogP contribution is 2.41. The summed E-state index contributed by atoms with van der Waals surface area (Å²) in [5.74, 6) is -0.239. The third-order valence-electron chi connectivity index (χ3n) is 4.10. The Morgan fingerprint density at radius 2 is 2.17 bits per heavy atom. The first-order valence-electron chi connectivity index (χ1n) is 6.21. The maximum atomic E-state index is 13.0. The third kappa shape index (κ3) is 2.46. The van der Waals surface area contributed by atoms with Crippen molar-refractivity contribution in [2.24, 2.45) is 5.41 Å². The van der Waals surface area contributed by atoms with Crippen molar-refractivity contribution in [2.75, 3.05) is 0 Å². The Morgan fingerprint density at radius 1 is 1.50 bits per heavy atom. The average molecular weight is 316 g/mol. The van der Waals surface area contributed by atoms with Gasteiger partial charge in [0.1, 0.15) is 5.82 Å². The van der Waals surface area contributed by atoms with Crippen molar-refractivity contribution >= 4 is 15.9 Å². The van der Waals surface area contributed by atoms with Gasteiger partial charge in [-0.1, -0.05) is 35.8 Å². The molecule has 1 aliphatic rings. The molecule has 1 aliphatic carbocycles. The van der Waals surface area contributed by atoms with Gasteiger partial charge in [0.05, 0.1) is 6.10 Å². The molecule has 2 rings (SSSR count). The van der Waals surface area contributed by atoms with Gasteiger partial charge >= 0.3 is 0 Å². The van der Waals surface area contributed by atoms with E-state index in [-0.39, 0.29) is 23.4 Å². The molecule has 1 saturated carbocycles. The summed E-state index contributed by atoms with van der Waals surface area (Å²) < 4.78 is 13.8. The Kier molecular flexibility index (Phi) is 3.81. The molecule has 0 spiro atoms. The average Bonchev–Trinajstić information content (AvgIpc) is 2.28. The van der Waals surface area contributed by atoms with E-state index in [4.69, 9.17) is 0 Å². The minimum absolute atomic E-state index is 0.0965. The fourth-order valence-corrected chi connectivity index (χ4v) is 3.12. The lowest BCUT2D eigenvalue weighted by atomic mass is 9.64. The van der Waals surface area contributed by atoms with Gasteiger partial charge in [-0.3, -0.25) is 0 Å². The number of hydrogen-bond donors (Lipinski definition) is 2. The second kappa shape index (κ2) is 4.91. The van der Waals surface area contributed by atoms with Gasteiger partial charge in [0.2, 0.25) is 0 Å². The molecular weight excluding hydrogens is 297 g/mol. The van der Waals surface area contributed by atoms with E-state index >= 15 is 0 Å². The van der Waals surface area contributed by atoms with E-state index in [2.05, 4.69) is 42.0 Å². The van der Waals surface area contributed by atoms with Crippen molar-refractivity contribution < 1.29 is 9.50 Å². The van der Waals surface area contributed by atoms with E-state index in [1.807, 2.05) is 0 Å². The zero-order chi connectivity index (χ0) is 13.5. The molecule has 0 radical (unpaired) electrons. The van der Waals surface area contributed by atoms with Crippen molar-refractivity contribution in [3.8, 4) is 0 Å². The summed E-state index contributed by atoms with van der Waals surface area (Å²) in [6.07, 6.45) is 0.537. The normalized spacial score (nSPS) is 27.7. The number of aliphatic hydroxyl groups excluding tert-OH is 1. The Hall–Kier alpha value is -0.450. The predicted octanol–water partition coefficient (Wildman–Crippen LogP) is 3.40. The van der Waals surface area contributed by atoms with Gasteiger partial charge < -0.3 is 10.4 Å². The summed E-state index contributed by atoms with van der Waals surface area (Å²) in [5.41, 5.74) is 0.939. The number of hydrogen-bond acceptors (Lipinski definition) is 2. The van der Waals surface area contributed by atoms with Gasteiger partial charge in [-0.15, -0.1) is 0 Å². The molecule has 0 amide bonds. The molecule has 0 aromatic heterocycles. The first kappa shape index (κ1) is 14.0. The fraction of sp³-hybridized carbons (Fsp3) is 0.571. The van der Waals surface area contributed by atoms with Crippen LogP contribution in [0.4, 0.5) is 4.39 Å². The van der Waals surface area contributed by atoms with Crippen molar-refractivity contribution in [1.29, 1.82) is 0 Å². The van der Waals surface area contributed by atoms with E-state index in [0.717, 1.165) is 16.5 Å². The number of rotatable bonds is 3. The van der Waals surface area contributed by atoms with Crippen LogP contribution in [0.15, 0.2) is 22.7 Å². The molecule has 0 bridgehead atoms. The van der Waals surface area contributed by atoms with Crippen LogP contribution in [0.5, 0.6) is 0 Å².